The van der Waals surface area contributed by atoms with Gasteiger partial charge in [0, 0.05) is 10.9 Å². The number of furan rings is 1. The van der Waals surface area contributed by atoms with Crippen molar-refractivity contribution in [3.05, 3.63) is 69.9 Å². The van der Waals surface area contributed by atoms with Gasteiger partial charge >= 0.3 is 0 Å². The molecule has 0 spiro atoms. The minimum absolute atomic E-state index is 0.0172. The van der Waals surface area contributed by atoms with Gasteiger partial charge in [0.2, 0.25) is 5.78 Å². The predicted molar refractivity (Wildman–Crippen MR) is 73.7 cm³/mol. The van der Waals surface area contributed by atoms with E-state index in [4.69, 9.17) is 4.42 Å². The van der Waals surface area contributed by atoms with E-state index in [1.807, 2.05) is 0 Å². The Kier molecular flexibility index (Phi) is 3.14. The van der Waals surface area contributed by atoms with Gasteiger partial charge in [-0.1, -0.05) is 12.1 Å². The van der Waals surface area contributed by atoms with Gasteiger partial charge < -0.3 is 4.42 Å². The largest absolute Gasteiger partial charge is 0.449 e. The third-order valence-corrected chi connectivity index (χ3v) is 3.51. The second-order valence-electron chi connectivity index (χ2n) is 4.23. The number of carbonyl (C=O) groups excluding carboxylic acids is 1. The fourth-order valence-corrected chi connectivity index (χ4v) is 2.30. The molecule has 5 heteroatoms. The number of ketones is 1. The fraction of sp³-hybridized carbons (Fsp3) is 0. The first-order valence-electron chi connectivity index (χ1n) is 5.74. The van der Waals surface area contributed by atoms with E-state index < -0.39 is 17.4 Å². The molecule has 0 bridgehead atoms. The molecule has 100 valence electrons. The summed E-state index contributed by atoms with van der Waals surface area (Å²) in [5.41, 5.74) is 0.301. The molecule has 0 saturated heterocycles. The Morgan fingerprint density at radius 3 is 2.55 bits per heavy atom. The van der Waals surface area contributed by atoms with Gasteiger partial charge in [0.15, 0.2) is 17.2 Å². The topological polar surface area (TPSA) is 30.2 Å². The third kappa shape index (κ3) is 2.14. The summed E-state index contributed by atoms with van der Waals surface area (Å²) >= 11 is 3.02. The van der Waals surface area contributed by atoms with E-state index in [1.54, 1.807) is 6.07 Å². The van der Waals surface area contributed by atoms with Crippen LogP contribution < -0.4 is 0 Å². The number of carbonyl (C=O) groups is 1. The number of hydrogen-bond acceptors (Lipinski definition) is 2. The normalized spacial score (nSPS) is 10.9. The molecule has 1 heterocycles. The van der Waals surface area contributed by atoms with Crippen LogP contribution in [0.4, 0.5) is 8.78 Å². The fourth-order valence-electron chi connectivity index (χ4n) is 1.92. The maximum absolute atomic E-state index is 13.5. The Hall–Kier alpha value is -2.01. The zero-order chi connectivity index (χ0) is 14.3. The molecule has 3 rings (SSSR count). The van der Waals surface area contributed by atoms with E-state index >= 15 is 0 Å². The third-order valence-electron chi connectivity index (χ3n) is 2.90. The van der Waals surface area contributed by atoms with Crippen LogP contribution in [0, 0.1) is 11.6 Å². The molecule has 0 aliphatic carbocycles. The number of benzene rings is 2. The predicted octanol–water partition coefficient (Wildman–Crippen LogP) is 4.70. The molecule has 0 aliphatic heterocycles. The molecule has 0 fully saturated rings. The van der Waals surface area contributed by atoms with Crippen LogP contribution in [0.25, 0.3) is 11.0 Å². The Morgan fingerprint density at radius 1 is 1.05 bits per heavy atom. The lowest BCUT2D eigenvalue weighted by Gasteiger charge is -1.99. The summed E-state index contributed by atoms with van der Waals surface area (Å²) in [6, 6.07) is 9.81. The van der Waals surface area contributed by atoms with Gasteiger partial charge in [-0.25, -0.2) is 8.78 Å². The summed E-state index contributed by atoms with van der Waals surface area (Å²) in [6.45, 7) is 0. The van der Waals surface area contributed by atoms with E-state index in [0.717, 1.165) is 0 Å². The molecule has 1 aromatic heterocycles. The average Bonchev–Trinajstić information content (AvgIpc) is 2.86. The first kappa shape index (κ1) is 13.0. The van der Waals surface area contributed by atoms with Crippen LogP contribution in [-0.4, -0.2) is 5.78 Å². The van der Waals surface area contributed by atoms with Gasteiger partial charge in [0.25, 0.3) is 0 Å². The molecule has 0 amide bonds. The Bertz CT molecular complexity index is 824. The van der Waals surface area contributed by atoms with E-state index in [1.165, 1.54) is 36.4 Å². The number of para-hydroxylation sites is 1. The lowest BCUT2D eigenvalue weighted by Crippen LogP contribution is -1.99. The molecule has 0 atom stereocenters. The molecule has 20 heavy (non-hydrogen) atoms. The summed E-state index contributed by atoms with van der Waals surface area (Å²) in [5.74, 6) is -1.40. The van der Waals surface area contributed by atoms with Crippen molar-refractivity contribution in [2.24, 2.45) is 0 Å². The minimum Gasteiger partial charge on any atom is -0.449 e. The van der Waals surface area contributed by atoms with Gasteiger partial charge in [0.05, 0.1) is 4.47 Å². The van der Waals surface area contributed by atoms with Crippen molar-refractivity contribution >= 4 is 32.7 Å². The van der Waals surface area contributed by atoms with Crippen LogP contribution in [0.5, 0.6) is 0 Å². The van der Waals surface area contributed by atoms with Crippen LogP contribution in [0.15, 0.2) is 51.4 Å². The minimum atomic E-state index is -0.526. The van der Waals surface area contributed by atoms with Crippen molar-refractivity contribution in [2.45, 2.75) is 0 Å². The van der Waals surface area contributed by atoms with Gasteiger partial charge in [-0.05, 0) is 46.3 Å². The quantitative estimate of drug-likeness (QED) is 0.634. The van der Waals surface area contributed by atoms with Gasteiger partial charge in [-0.3, -0.25) is 4.79 Å². The zero-order valence-electron chi connectivity index (χ0n) is 9.99. The molecule has 2 aromatic carbocycles. The number of hydrogen-bond donors (Lipinski definition) is 0. The van der Waals surface area contributed by atoms with E-state index in [-0.39, 0.29) is 21.4 Å². The highest BCUT2D eigenvalue weighted by molar-refractivity contribution is 9.10. The number of rotatable bonds is 2. The molecule has 2 nitrogen and oxygen atoms in total. The summed E-state index contributed by atoms with van der Waals surface area (Å²) in [5, 5.41) is 0.509. The number of fused-ring (bicyclic) bond motifs is 1. The molecule has 0 unspecified atom stereocenters. The molecule has 0 aliphatic rings. The molecule has 0 radical (unpaired) electrons. The van der Waals surface area contributed by atoms with Gasteiger partial charge in [-0.15, -0.1) is 0 Å². The van der Waals surface area contributed by atoms with Crippen LogP contribution in [0.2, 0.25) is 0 Å². The first-order chi connectivity index (χ1) is 9.56. The summed E-state index contributed by atoms with van der Waals surface area (Å²) in [6.07, 6.45) is 0. The molecular formula is C15H7BrF2O2. The smallest absolute Gasteiger partial charge is 0.228 e. The van der Waals surface area contributed by atoms with E-state index in [9.17, 15) is 13.6 Å². The number of halogens is 3. The lowest BCUT2D eigenvalue weighted by molar-refractivity contribution is 0.101. The maximum Gasteiger partial charge on any atom is 0.228 e. The highest BCUT2D eigenvalue weighted by Crippen LogP contribution is 2.25. The standard InChI is InChI=1S/C15H7BrF2O2/c16-10-6-8(4-5-11(10)17)14(19)13-7-9-2-1-3-12(18)15(9)20-13/h1-7H. The van der Waals surface area contributed by atoms with Crippen LogP contribution >= 0.6 is 15.9 Å². The Morgan fingerprint density at radius 2 is 1.85 bits per heavy atom. The van der Waals surface area contributed by atoms with Crippen molar-refractivity contribution in [1.82, 2.24) is 0 Å². The Labute approximate surface area is 121 Å². The van der Waals surface area contributed by atoms with Crippen LogP contribution in [-0.2, 0) is 0 Å². The second kappa shape index (κ2) is 4.83. The van der Waals surface area contributed by atoms with Crippen LogP contribution in [0.3, 0.4) is 0 Å². The van der Waals surface area contributed by atoms with Crippen molar-refractivity contribution in [2.75, 3.05) is 0 Å². The SMILES string of the molecule is O=C(c1ccc(F)c(Br)c1)c1cc2cccc(F)c2o1. The van der Waals surface area contributed by atoms with Gasteiger partial charge in [-0.2, -0.15) is 0 Å². The maximum atomic E-state index is 13.5. The van der Waals surface area contributed by atoms with Crippen molar-refractivity contribution in [3.63, 3.8) is 0 Å². The second-order valence-corrected chi connectivity index (χ2v) is 5.08. The Balaban J connectivity index is 2.08. The van der Waals surface area contributed by atoms with Crippen molar-refractivity contribution < 1.29 is 18.0 Å². The monoisotopic (exact) mass is 336 g/mol. The summed E-state index contributed by atoms with van der Waals surface area (Å²) < 4.78 is 32.1. The summed E-state index contributed by atoms with van der Waals surface area (Å²) in [7, 11) is 0. The molecular weight excluding hydrogens is 330 g/mol. The molecule has 3 aromatic rings. The zero-order valence-corrected chi connectivity index (χ0v) is 11.6. The van der Waals surface area contributed by atoms with Crippen molar-refractivity contribution in [1.29, 1.82) is 0 Å². The average molecular weight is 337 g/mol. The van der Waals surface area contributed by atoms with Crippen molar-refractivity contribution in [3.8, 4) is 0 Å². The first-order valence-corrected chi connectivity index (χ1v) is 6.53. The van der Waals surface area contributed by atoms with Gasteiger partial charge in [0.1, 0.15) is 5.82 Å². The molecule has 0 N–H and O–H groups in total. The summed E-state index contributed by atoms with van der Waals surface area (Å²) in [4.78, 5) is 12.2. The van der Waals surface area contributed by atoms with E-state index in [2.05, 4.69) is 15.9 Å². The highest BCUT2D eigenvalue weighted by atomic mass is 79.9. The lowest BCUT2D eigenvalue weighted by atomic mass is 10.1. The van der Waals surface area contributed by atoms with E-state index in [0.29, 0.717) is 5.39 Å². The van der Waals surface area contributed by atoms with Crippen LogP contribution in [0.1, 0.15) is 16.1 Å². The molecule has 0 saturated carbocycles. The highest BCUT2D eigenvalue weighted by Gasteiger charge is 2.17.